The van der Waals surface area contributed by atoms with E-state index in [9.17, 15) is 4.79 Å². The normalized spacial score (nSPS) is 13.6. The molecule has 0 saturated carbocycles. The maximum absolute atomic E-state index is 12.4. The third kappa shape index (κ3) is 2.83. The van der Waals surface area contributed by atoms with Crippen molar-refractivity contribution in [1.82, 2.24) is 9.97 Å². The molecule has 0 radical (unpaired) electrons. The van der Waals surface area contributed by atoms with Gasteiger partial charge in [-0.2, -0.15) is 0 Å². The first-order chi connectivity index (χ1) is 11.2. The summed E-state index contributed by atoms with van der Waals surface area (Å²) in [6.45, 7) is 2.13. The molecule has 5 heteroatoms. The summed E-state index contributed by atoms with van der Waals surface area (Å²) in [7, 11) is 0. The van der Waals surface area contributed by atoms with Crippen LogP contribution in [0.15, 0.2) is 29.1 Å². The number of nitrogens with zero attached hydrogens (tertiary/aromatic N) is 1. The molecule has 4 rings (SSSR count). The Kier molecular flexibility index (Phi) is 3.99. The molecule has 1 aromatic carbocycles. The molecule has 0 amide bonds. The number of aromatic amines is 1. The van der Waals surface area contributed by atoms with Gasteiger partial charge in [0.25, 0.3) is 5.56 Å². The topological polar surface area (TPSA) is 45.8 Å². The summed E-state index contributed by atoms with van der Waals surface area (Å²) in [4.78, 5) is 22.4. The lowest BCUT2D eigenvalue weighted by molar-refractivity contribution is 0.916. The van der Waals surface area contributed by atoms with Crippen molar-refractivity contribution in [1.29, 1.82) is 0 Å². The number of fused-ring (bicyclic) bond motifs is 3. The Balaban J connectivity index is 1.54. The first-order valence-electron chi connectivity index (χ1n) is 7.88. The van der Waals surface area contributed by atoms with Crippen molar-refractivity contribution in [3.8, 4) is 0 Å². The minimum absolute atomic E-state index is 0.0425. The van der Waals surface area contributed by atoms with Crippen LogP contribution in [0.2, 0.25) is 0 Å². The van der Waals surface area contributed by atoms with Crippen LogP contribution < -0.4 is 5.56 Å². The summed E-state index contributed by atoms with van der Waals surface area (Å²) in [5, 5.41) is 0.843. The predicted molar refractivity (Wildman–Crippen MR) is 98.4 cm³/mol. The second-order valence-corrected chi connectivity index (χ2v) is 8.04. The highest BCUT2D eigenvalue weighted by atomic mass is 32.2. The highest BCUT2D eigenvalue weighted by Crippen LogP contribution is 2.34. The Morgan fingerprint density at radius 2 is 2.13 bits per heavy atom. The Morgan fingerprint density at radius 1 is 1.26 bits per heavy atom. The lowest BCUT2D eigenvalue weighted by atomic mass is 10.1. The van der Waals surface area contributed by atoms with Gasteiger partial charge in [-0.15, -0.1) is 23.1 Å². The summed E-state index contributed by atoms with van der Waals surface area (Å²) >= 11 is 3.50. The first-order valence-corrected chi connectivity index (χ1v) is 9.85. The van der Waals surface area contributed by atoms with E-state index in [-0.39, 0.29) is 5.56 Å². The number of H-pyrrole nitrogens is 1. The average molecular weight is 342 g/mol. The third-order valence-corrected chi connectivity index (χ3v) is 6.56. The number of thioether (sulfide) groups is 1. The van der Waals surface area contributed by atoms with Gasteiger partial charge in [-0.3, -0.25) is 4.79 Å². The van der Waals surface area contributed by atoms with Gasteiger partial charge in [0.1, 0.15) is 10.7 Å². The Labute approximate surface area is 143 Å². The van der Waals surface area contributed by atoms with Crippen LogP contribution >= 0.6 is 23.1 Å². The van der Waals surface area contributed by atoms with E-state index >= 15 is 0 Å². The Hall–Kier alpha value is -1.59. The number of hydrogen-bond acceptors (Lipinski definition) is 4. The number of rotatable bonds is 4. The first kappa shape index (κ1) is 15.0. The SMILES string of the molecule is Cc1ccccc1CSCc1nc2sc3c(c2c(=O)[nH]1)CCC3. The lowest BCUT2D eigenvalue weighted by Gasteiger charge is -2.05. The van der Waals surface area contributed by atoms with E-state index in [0.717, 1.165) is 40.4 Å². The molecular weight excluding hydrogens is 324 g/mol. The minimum atomic E-state index is 0.0425. The van der Waals surface area contributed by atoms with Crippen LogP contribution in [0.1, 0.15) is 33.8 Å². The standard InChI is InChI=1S/C18H18N2OS2/c1-11-5-2-3-6-12(11)9-22-10-15-19-17(21)16-13-7-4-8-14(13)23-18(16)20-15/h2-3,5-6H,4,7-10H2,1H3,(H,19,20,21). The average Bonchev–Trinajstić information content (AvgIpc) is 3.09. The number of nitrogens with one attached hydrogen (secondary N) is 1. The Morgan fingerprint density at radius 3 is 3.00 bits per heavy atom. The summed E-state index contributed by atoms with van der Waals surface area (Å²) in [5.41, 5.74) is 3.95. The molecule has 1 aliphatic rings. The molecule has 0 atom stereocenters. The maximum Gasteiger partial charge on any atom is 0.259 e. The molecule has 3 aromatic rings. The van der Waals surface area contributed by atoms with Gasteiger partial charge in [0.15, 0.2) is 0 Å². The molecule has 0 spiro atoms. The number of benzene rings is 1. The molecule has 0 unspecified atom stereocenters. The highest BCUT2D eigenvalue weighted by Gasteiger charge is 2.20. The minimum Gasteiger partial charge on any atom is -0.309 e. The van der Waals surface area contributed by atoms with Crippen molar-refractivity contribution in [2.75, 3.05) is 0 Å². The summed E-state index contributed by atoms with van der Waals surface area (Å²) in [6, 6.07) is 8.43. The second kappa shape index (κ2) is 6.13. The molecule has 1 N–H and O–H groups in total. The van der Waals surface area contributed by atoms with Gasteiger partial charge in [-0.25, -0.2) is 4.98 Å². The summed E-state index contributed by atoms with van der Waals surface area (Å²) < 4.78 is 0. The van der Waals surface area contributed by atoms with E-state index in [1.807, 2.05) is 0 Å². The second-order valence-electron chi connectivity index (χ2n) is 5.97. The molecule has 0 saturated heterocycles. The maximum atomic E-state index is 12.4. The molecule has 2 aromatic heterocycles. The molecule has 0 fully saturated rings. The predicted octanol–water partition coefficient (Wildman–Crippen LogP) is 4.22. The van der Waals surface area contributed by atoms with Gasteiger partial charge >= 0.3 is 0 Å². The molecular formula is C18H18N2OS2. The smallest absolute Gasteiger partial charge is 0.259 e. The zero-order chi connectivity index (χ0) is 15.8. The molecule has 3 nitrogen and oxygen atoms in total. The fourth-order valence-corrected chi connectivity index (χ4v) is 5.40. The van der Waals surface area contributed by atoms with Crippen LogP contribution in [0, 0.1) is 6.92 Å². The van der Waals surface area contributed by atoms with Crippen LogP contribution in [0.3, 0.4) is 0 Å². The van der Waals surface area contributed by atoms with Crippen molar-refractivity contribution in [2.24, 2.45) is 0 Å². The molecule has 118 valence electrons. The zero-order valence-electron chi connectivity index (χ0n) is 13.0. The van der Waals surface area contributed by atoms with E-state index < -0.39 is 0 Å². The summed E-state index contributed by atoms with van der Waals surface area (Å²) in [5.74, 6) is 2.47. The molecule has 0 aliphatic heterocycles. The quantitative estimate of drug-likeness (QED) is 0.772. The number of thiophene rings is 1. The van der Waals surface area contributed by atoms with Crippen LogP contribution in [0.25, 0.3) is 10.2 Å². The van der Waals surface area contributed by atoms with Crippen LogP contribution in [-0.2, 0) is 24.3 Å². The zero-order valence-corrected chi connectivity index (χ0v) is 14.6. The molecule has 1 aliphatic carbocycles. The van der Waals surface area contributed by atoms with Crippen molar-refractivity contribution >= 4 is 33.3 Å². The summed E-state index contributed by atoms with van der Waals surface area (Å²) in [6.07, 6.45) is 3.30. The van der Waals surface area contributed by atoms with E-state index in [1.165, 1.54) is 28.0 Å². The van der Waals surface area contributed by atoms with E-state index in [0.29, 0.717) is 0 Å². The lowest BCUT2D eigenvalue weighted by Crippen LogP contribution is -2.11. The van der Waals surface area contributed by atoms with E-state index in [4.69, 9.17) is 4.98 Å². The fraction of sp³-hybridized carbons (Fsp3) is 0.333. The van der Waals surface area contributed by atoms with Gasteiger partial charge in [0.2, 0.25) is 0 Å². The van der Waals surface area contributed by atoms with Crippen molar-refractivity contribution in [3.05, 3.63) is 62.0 Å². The van der Waals surface area contributed by atoms with E-state index in [1.54, 1.807) is 23.1 Å². The van der Waals surface area contributed by atoms with Gasteiger partial charge in [0, 0.05) is 10.6 Å². The van der Waals surface area contributed by atoms with Gasteiger partial charge in [-0.05, 0) is 42.9 Å². The van der Waals surface area contributed by atoms with Crippen molar-refractivity contribution in [2.45, 2.75) is 37.7 Å². The van der Waals surface area contributed by atoms with Crippen LogP contribution in [-0.4, -0.2) is 9.97 Å². The molecule has 0 bridgehead atoms. The van der Waals surface area contributed by atoms with Crippen molar-refractivity contribution < 1.29 is 0 Å². The van der Waals surface area contributed by atoms with E-state index in [2.05, 4.69) is 36.2 Å². The van der Waals surface area contributed by atoms with Crippen LogP contribution in [0.5, 0.6) is 0 Å². The van der Waals surface area contributed by atoms with Gasteiger partial charge in [0.05, 0.1) is 11.1 Å². The largest absolute Gasteiger partial charge is 0.309 e. The van der Waals surface area contributed by atoms with Gasteiger partial charge in [-0.1, -0.05) is 24.3 Å². The highest BCUT2D eigenvalue weighted by molar-refractivity contribution is 7.97. The number of aryl methyl sites for hydroxylation is 3. The fourth-order valence-electron chi connectivity index (χ4n) is 3.14. The van der Waals surface area contributed by atoms with Crippen LogP contribution in [0.4, 0.5) is 0 Å². The molecule has 23 heavy (non-hydrogen) atoms. The van der Waals surface area contributed by atoms with Gasteiger partial charge < -0.3 is 4.98 Å². The van der Waals surface area contributed by atoms with Crippen molar-refractivity contribution in [3.63, 3.8) is 0 Å². The monoisotopic (exact) mass is 342 g/mol. The number of hydrogen-bond donors (Lipinski definition) is 1. The third-order valence-electron chi connectivity index (χ3n) is 4.38. The Bertz CT molecular complexity index is 926. The molecule has 2 heterocycles. The number of aromatic nitrogens is 2.